The number of carbonyl (C=O) groups excluding carboxylic acids is 2. The number of hydrogen-bond acceptors (Lipinski definition) is 4. The lowest BCUT2D eigenvalue weighted by atomic mass is 10.1. The number of carbonyl (C=O) groups is 2. The number of amides is 2. The third-order valence-electron chi connectivity index (χ3n) is 4.36. The van der Waals surface area contributed by atoms with Crippen molar-refractivity contribution in [3.8, 4) is 0 Å². The molecule has 0 atom stereocenters. The number of nitrogens with one attached hydrogen (secondary N) is 2. The lowest BCUT2D eigenvalue weighted by molar-refractivity contribution is 0.0956. The lowest BCUT2D eigenvalue weighted by Crippen LogP contribution is -2.21. The van der Waals surface area contributed by atoms with E-state index in [-0.39, 0.29) is 5.76 Å². The normalized spacial score (nSPS) is 10.9. The van der Waals surface area contributed by atoms with Crippen molar-refractivity contribution in [3.05, 3.63) is 102 Å². The average Bonchev–Trinajstić information content (AvgIpc) is 3.29. The van der Waals surface area contributed by atoms with Crippen molar-refractivity contribution in [1.82, 2.24) is 5.43 Å². The van der Waals surface area contributed by atoms with Crippen molar-refractivity contribution >= 4 is 34.5 Å². The second-order valence-electron chi connectivity index (χ2n) is 6.24. The van der Waals surface area contributed by atoms with Gasteiger partial charge in [0.05, 0.1) is 23.7 Å². The number of para-hydroxylation sites is 1. The van der Waals surface area contributed by atoms with Gasteiger partial charge in [0.25, 0.3) is 11.8 Å². The summed E-state index contributed by atoms with van der Waals surface area (Å²) in [5.41, 5.74) is 4.07. The molecule has 29 heavy (non-hydrogen) atoms. The molecule has 0 fully saturated rings. The van der Waals surface area contributed by atoms with Gasteiger partial charge in [-0.2, -0.15) is 5.10 Å². The first-order valence-corrected chi connectivity index (χ1v) is 8.97. The first-order chi connectivity index (χ1) is 14.2. The molecule has 0 spiro atoms. The molecule has 0 aliphatic rings. The minimum absolute atomic E-state index is 0.161. The van der Waals surface area contributed by atoms with Crippen molar-refractivity contribution in [2.75, 3.05) is 5.32 Å². The van der Waals surface area contributed by atoms with Crippen molar-refractivity contribution in [2.24, 2.45) is 5.10 Å². The van der Waals surface area contributed by atoms with E-state index in [9.17, 15) is 9.59 Å². The Morgan fingerprint density at radius 2 is 1.62 bits per heavy atom. The molecule has 4 rings (SSSR count). The van der Waals surface area contributed by atoms with Gasteiger partial charge in [-0.1, -0.05) is 54.6 Å². The van der Waals surface area contributed by atoms with Crippen LogP contribution in [-0.2, 0) is 0 Å². The molecule has 2 N–H and O–H groups in total. The van der Waals surface area contributed by atoms with E-state index in [1.807, 2.05) is 42.5 Å². The zero-order chi connectivity index (χ0) is 20.1. The van der Waals surface area contributed by atoms with Crippen LogP contribution in [0, 0.1) is 0 Å². The van der Waals surface area contributed by atoms with E-state index >= 15 is 0 Å². The predicted molar refractivity (Wildman–Crippen MR) is 112 cm³/mol. The number of furan rings is 1. The highest BCUT2D eigenvalue weighted by molar-refractivity contribution is 6.08. The molecule has 0 radical (unpaired) electrons. The molecule has 3 aromatic carbocycles. The fourth-order valence-electron chi connectivity index (χ4n) is 2.97. The summed E-state index contributed by atoms with van der Waals surface area (Å²) in [5.74, 6) is -0.708. The fraction of sp³-hybridized carbons (Fsp3) is 0. The highest BCUT2D eigenvalue weighted by Gasteiger charge is 2.15. The van der Waals surface area contributed by atoms with Gasteiger partial charge in [0.1, 0.15) is 0 Å². The molecule has 6 heteroatoms. The second kappa shape index (κ2) is 8.22. The molecule has 1 heterocycles. The predicted octanol–water partition coefficient (Wildman–Crippen LogP) is 4.45. The van der Waals surface area contributed by atoms with Gasteiger partial charge in [0, 0.05) is 5.56 Å². The van der Waals surface area contributed by atoms with E-state index in [1.54, 1.807) is 42.6 Å². The van der Waals surface area contributed by atoms with Crippen LogP contribution in [0.2, 0.25) is 0 Å². The van der Waals surface area contributed by atoms with Crippen LogP contribution >= 0.6 is 0 Å². The molecule has 0 unspecified atom stereocenters. The van der Waals surface area contributed by atoms with Gasteiger partial charge in [0.2, 0.25) is 0 Å². The molecule has 6 nitrogen and oxygen atoms in total. The summed E-state index contributed by atoms with van der Waals surface area (Å²) < 4.78 is 5.08. The fourth-order valence-corrected chi connectivity index (χ4v) is 2.97. The largest absolute Gasteiger partial charge is 0.459 e. The minimum atomic E-state index is -0.436. The maximum atomic E-state index is 12.6. The maximum Gasteiger partial charge on any atom is 0.291 e. The Morgan fingerprint density at radius 3 is 2.48 bits per heavy atom. The summed E-state index contributed by atoms with van der Waals surface area (Å²) in [7, 11) is 0. The molecule has 1 aromatic heterocycles. The van der Waals surface area contributed by atoms with Crippen LogP contribution in [-0.4, -0.2) is 18.0 Å². The number of anilines is 1. The van der Waals surface area contributed by atoms with Crippen molar-refractivity contribution < 1.29 is 14.0 Å². The first-order valence-electron chi connectivity index (χ1n) is 8.97. The Balaban J connectivity index is 1.50. The zero-order valence-electron chi connectivity index (χ0n) is 15.3. The van der Waals surface area contributed by atoms with Gasteiger partial charge in [-0.3, -0.25) is 9.59 Å². The Labute approximate surface area is 166 Å². The average molecular weight is 383 g/mol. The minimum Gasteiger partial charge on any atom is -0.459 e. The van der Waals surface area contributed by atoms with E-state index in [2.05, 4.69) is 15.8 Å². The molecule has 0 saturated heterocycles. The lowest BCUT2D eigenvalue weighted by Gasteiger charge is -2.09. The number of fused-ring (bicyclic) bond motifs is 1. The summed E-state index contributed by atoms with van der Waals surface area (Å²) in [4.78, 5) is 24.8. The maximum absolute atomic E-state index is 12.6. The van der Waals surface area contributed by atoms with E-state index in [4.69, 9.17) is 4.42 Å². The third-order valence-corrected chi connectivity index (χ3v) is 4.36. The van der Waals surface area contributed by atoms with Crippen LogP contribution in [0.25, 0.3) is 10.8 Å². The molecule has 0 bridgehead atoms. The molecule has 142 valence electrons. The SMILES string of the molecule is O=C(Nc1ccccc1C(=O)N/N=C/c1cccc2ccccc12)c1ccco1. The van der Waals surface area contributed by atoms with Gasteiger partial charge in [-0.15, -0.1) is 0 Å². The van der Waals surface area contributed by atoms with Crippen LogP contribution < -0.4 is 10.7 Å². The first kappa shape index (κ1) is 18.2. The molecule has 0 aliphatic heterocycles. The Kier molecular flexibility index (Phi) is 5.16. The van der Waals surface area contributed by atoms with Gasteiger partial charge >= 0.3 is 0 Å². The summed E-state index contributed by atoms with van der Waals surface area (Å²) in [5, 5.41) is 8.90. The summed E-state index contributed by atoms with van der Waals surface area (Å²) >= 11 is 0. The van der Waals surface area contributed by atoms with Crippen LogP contribution in [0.4, 0.5) is 5.69 Å². The summed E-state index contributed by atoms with van der Waals surface area (Å²) in [6.45, 7) is 0. The van der Waals surface area contributed by atoms with Crippen LogP contribution in [0.15, 0.2) is 94.6 Å². The molecule has 4 aromatic rings. The van der Waals surface area contributed by atoms with E-state index in [0.717, 1.165) is 16.3 Å². The number of nitrogens with zero attached hydrogens (tertiary/aromatic N) is 1. The van der Waals surface area contributed by atoms with Crippen molar-refractivity contribution in [3.63, 3.8) is 0 Å². The quantitative estimate of drug-likeness (QED) is 0.394. The second-order valence-corrected chi connectivity index (χ2v) is 6.24. The van der Waals surface area contributed by atoms with E-state index in [1.165, 1.54) is 6.26 Å². The number of hydrazone groups is 1. The topological polar surface area (TPSA) is 83.7 Å². The van der Waals surface area contributed by atoms with E-state index in [0.29, 0.717) is 11.3 Å². The summed E-state index contributed by atoms with van der Waals surface area (Å²) in [6, 6.07) is 23.7. The Morgan fingerprint density at radius 1 is 0.828 bits per heavy atom. The molecular weight excluding hydrogens is 366 g/mol. The van der Waals surface area contributed by atoms with Gasteiger partial charge in [0.15, 0.2) is 5.76 Å². The standard InChI is InChI=1S/C23H17N3O3/c27-22(26-24-15-17-9-5-8-16-7-1-2-10-18(16)17)19-11-3-4-12-20(19)25-23(28)21-13-6-14-29-21/h1-15H,(H,25,28)(H,26,27)/b24-15+. The van der Waals surface area contributed by atoms with Crippen LogP contribution in [0.1, 0.15) is 26.5 Å². The molecule has 0 aliphatic carbocycles. The number of benzene rings is 3. The van der Waals surface area contributed by atoms with Crippen molar-refractivity contribution in [2.45, 2.75) is 0 Å². The van der Waals surface area contributed by atoms with Gasteiger partial charge in [-0.25, -0.2) is 5.43 Å². The van der Waals surface area contributed by atoms with Crippen LogP contribution in [0.3, 0.4) is 0 Å². The van der Waals surface area contributed by atoms with E-state index < -0.39 is 11.8 Å². The molecular formula is C23H17N3O3. The third kappa shape index (κ3) is 4.06. The van der Waals surface area contributed by atoms with Gasteiger partial charge < -0.3 is 9.73 Å². The highest BCUT2D eigenvalue weighted by Crippen LogP contribution is 2.18. The number of rotatable bonds is 5. The molecule has 2 amide bonds. The number of hydrogen-bond donors (Lipinski definition) is 2. The Hall–Kier alpha value is -4.19. The van der Waals surface area contributed by atoms with Crippen molar-refractivity contribution in [1.29, 1.82) is 0 Å². The summed E-state index contributed by atoms with van der Waals surface area (Å²) in [6.07, 6.45) is 3.01. The van der Waals surface area contributed by atoms with Gasteiger partial charge in [-0.05, 0) is 35.0 Å². The monoisotopic (exact) mass is 383 g/mol. The smallest absolute Gasteiger partial charge is 0.291 e. The van der Waals surface area contributed by atoms with Crippen LogP contribution in [0.5, 0.6) is 0 Å². The molecule has 0 saturated carbocycles. The Bertz CT molecular complexity index is 1190. The zero-order valence-corrected chi connectivity index (χ0v) is 15.3. The highest BCUT2D eigenvalue weighted by atomic mass is 16.3.